The first-order chi connectivity index (χ1) is 13.6. The fourth-order valence-electron chi connectivity index (χ4n) is 3.00. The van der Waals surface area contributed by atoms with Crippen LogP contribution in [-0.4, -0.2) is 33.2 Å². The Balaban J connectivity index is 1.35. The molecule has 2 aromatic carbocycles. The van der Waals surface area contributed by atoms with Crippen molar-refractivity contribution in [1.29, 1.82) is 0 Å². The molecular weight excluding hydrogens is 376 g/mol. The Labute approximate surface area is 167 Å². The van der Waals surface area contributed by atoms with E-state index in [4.69, 9.17) is 9.47 Å². The molecule has 1 aromatic heterocycles. The van der Waals surface area contributed by atoms with E-state index in [9.17, 15) is 4.79 Å². The lowest BCUT2D eigenvalue weighted by Gasteiger charge is -2.10. The van der Waals surface area contributed by atoms with Crippen molar-refractivity contribution in [3.05, 3.63) is 59.4 Å². The first-order valence-corrected chi connectivity index (χ1v) is 9.84. The number of rotatable bonds is 6. The molecule has 0 bridgehead atoms. The zero-order chi connectivity index (χ0) is 19.5. The summed E-state index contributed by atoms with van der Waals surface area (Å²) in [6, 6.07) is 11.9. The second kappa shape index (κ2) is 7.93. The third kappa shape index (κ3) is 3.96. The highest BCUT2D eigenvalue weighted by atomic mass is 32.2. The predicted molar refractivity (Wildman–Crippen MR) is 106 cm³/mol. The number of amides is 1. The van der Waals surface area contributed by atoms with Crippen molar-refractivity contribution in [1.82, 2.24) is 20.1 Å². The molecule has 1 N–H and O–H groups in total. The van der Waals surface area contributed by atoms with Gasteiger partial charge in [-0.3, -0.25) is 9.36 Å². The van der Waals surface area contributed by atoms with Gasteiger partial charge in [-0.05, 0) is 43.2 Å². The van der Waals surface area contributed by atoms with Crippen molar-refractivity contribution in [2.75, 3.05) is 12.5 Å². The highest BCUT2D eigenvalue weighted by Crippen LogP contribution is 2.32. The van der Waals surface area contributed by atoms with Gasteiger partial charge < -0.3 is 14.8 Å². The maximum Gasteiger partial charge on any atom is 0.231 e. The fraction of sp³-hybridized carbons (Fsp3) is 0.250. The number of nitrogens with zero attached hydrogens (tertiary/aromatic N) is 3. The summed E-state index contributed by atoms with van der Waals surface area (Å²) in [5, 5.41) is 11.8. The van der Waals surface area contributed by atoms with Gasteiger partial charge in [-0.15, -0.1) is 10.2 Å². The summed E-state index contributed by atoms with van der Waals surface area (Å²) in [6.07, 6.45) is 1.67. The molecule has 2 heterocycles. The van der Waals surface area contributed by atoms with Crippen LogP contribution in [0.1, 0.15) is 16.7 Å². The molecule has 3 aromatic rings. The molecule has 0 saturated carbocycles. The summed E-state index contributed by atoms with van der Waals surface area (Å²) in [5.74, 6) is 1.63. The van der Waals surface area contributed by atoms with E-state index in [1.54, 1.807) is 6.33 Å². The van der Waals surface area contributed by atoms with Crippen LogP contribution in [0.4, 0.5) is 0 Å². The first kappa shape index (κ1) is 18.4. The number of thioether (sulfide) groups is 1. The van der Waals surface area contributed by atoms with Gasteiger partial charge in [0.15, 0.2) is 16.7 Å². The van der Waals surface area contributed by atoms with Crippen molar-refractivity contribution in [2.45, 2.75) is 25.5 Å². The zero-order valence-corrected chi connectivity index (χ0v) is 16.5. The summed E-state index contributed by atoms with van der Waals surface area (Å²) >= 11 is 1.36. The minimum absolute atomic E-state index is 0.0714. The number of hydrogen-bond acceptors (Lipinski definition) is 6. The standard InChI is InChI=1S/C20H20N4O3S/c1-13-3-5-16(14(2)7-13)24-11-22-23-20(24)28-10-19(25)21-9-15-4-6-17-18(8-15)27-12-26-17/h3-8,11H,9-10,12H2,1-2H3,(H,21,25). The van der Waals surface area contributed by atoms with Gasteiger partial charge in [0.2, 0.25) is 12.7 Å². The monoisotopic (exact) mass is 396 g/mol. The number of ether oxygens (including phenoxy) is 2. The third-order valence-corrected chi connectivity index (χ3v) is 5.33. The van der Waals surface area contributed by atoms with Crippen LogP contribution in [0.2, 0.25) is 0 Å². The minimum atomic E-state index is -0.0714. The molecule has 144 valence electrons. The van der Waals surface area contributed by atoms with Crippen LogP contribution in [0.25, 0.3) is 5.69 Å². The van der Waals surface area contributed by atoms with Crippen LogP contribution in [0, 0.1) is 13.8 Å². The largest absolute Gasteiger partial charge is 0.454 e. The van der Waals surface area contributed by atoms with Gasteiger partial charge in [0.05, 0.1) is 11.4 Å². The average Bonchev–Trinajstić information content (AvgIpc) is 3.33. The van der Waals surface area contributed by atoms with Gasteiger partial charge in [0, 0.05) is 6.54 Å². The third-order valence-electron chi connectivity index (χ3n) is 4.39. The number of benzene rings is 2. The van der Waals surface area contributed by atoms with E-state index in [0.717, 1.165) is 22.6 Å². The smallest absolute Gasteiger partial charge is 0.231 e. The number of aryl methyl sites for hydroxylation is 2. The number of aromatic nitrogens is 3. The molecule has 1 amide bonds. The maximum absolute atomic E-state index is 12.3. The Kier molecular flexibility index (Phi) is 5.21. The molecule has 0 spiro atoms. The molecule has 0 aliphatic carbocycles. The molecule has 0 unspecified atom stereocenters. The number of carbonyl (C=O) groups excluding carboxylic acids is 1. The van der Waals surface area contributed by atoms with E-state index in [-0.39, 0.29) is 18.5 Å². The van der Waals surface area contributed by atoms with E-state index in [1.165, 1.54) is 17.3 Å². The summed E-state index contributed by atoms with van der Waals surface area (Å²) in [5.41, 5.74) is 4.31. The van der Waals surface area contributed by atoms with Gasteiger partial charge in [-0.25, -0.2) is 0 Å². The van der Waals surface area contributed by atoms with E-state index in [0.29, 0.717) is 17.5 Å². The number of carbonyl (C=O) groups is 1. The molecule has 1 aliphatic heterocycles. The Bertz CT molecular complexity index is 1020. The maximum atomic E-state index is 12.3. The molecule has 0 fully saturated rings. The average molecular weight is 396 g/mol. The Hall–Kier alpha value is -3.00. The molecule has 0 saturated heterocycles. The van der Waals surface area contributed by atoms with Crippen molar-refractivity contribution in [2.24, 2.45) is 0 Å². The number of fused-ring (bicyclic) bond motifs is 1. The van der Waals surface area contributed by atoms with Gasteiger partial charge in [0.1, 0.15) is 6.33 Å². The van der Waals surface area contributed by atoms with Crippen LogP contribution >= 0.6 is 11.8 Å². The molecule has 4 rings (SSSR count). The van der Waals surface area contributed by atoms with Crippen molar-refractivity contribution < 1.29 is 14.3 Å². The highest BCUT2D eigenvalue weighted by Gasteiger charge is 2.14. The van der Waals surface area contributed by atoms with Crippen LogP contribution in [0.3, 0.4) is 0 Å². The lowest BCUT2D eigenvalue weighted by Crippen LogP contribution is -2.24. The van der Waals surface area contributed by atoms with Crippen LogP contribution in [0.5, 0.6) is 11.5 Å². The number of hydrogen-bond donors (Lipinski definition) is 1. The fourth-order valence-corrected chi connectivity index (χ4v) is 3.75. The second-order valence-corrected chi connectivity index (χ2v) is 7.47. The predicted octanol–water partition coefficient (Wildman–Crippen LogP) is 3.02. The molecule has 0 radical (unpaired) electrons. The van der Waals surface area contributed by atoms with Gasteiger partial charge in [-0.2, -0.15) is 0 Å². The van der Waals surface area contributed by atoms with Gasteiger partial charge in [-0.1, -0.05) is 35.5 Å². The number of nitrogens with one attached hydrogen (secondary N) is 1. The van der Waals surface area contributed by atoms with E-state index in [2.05, 4.69) is 41.5 Å². The van der Waals surface area contributed by atoms with Crippen molar-refractivity contribution >= 4 is 17.7 Å². The SMILES string of the molecule is Cc1ccc(-n2cnnc2SCC(=O)NCc2ccc3c(c2)OCO3)c(C)c1. The van der Waals surface area contributed by atoms with E-state index in [1.807, 2.05) is 28.8 Å². The van der Waals surface area contributed by atoms with E-state index >= 15 is 0 Å². The van der Waals surface area contributed by atoms with Gasteiger partial charge >= 0.3 is 0 Å². The molecular formula is C20H20N4O3S. The van der Waals surface area contributed by atoms with Crippen molar-refractivity contribution in [3.63, 3.8) is 0 Å². The molecule has 8 heteroatoms. The summed E-state index contributed by atoms with van der Waals surface area (Å²) in [4.78, 5) is 12.3. The van der Waals surface area contributed by atoms with Crippen molar-refractivity contribution in [3.8, 4) is 17.2 Å². The molecule has 0 atom stereocenters. The normalized spacial score (nSPS) is 12.2. The molecule has 7 nitrogen and oxygen atoms in total. The summed E-state index contributed by atoms with van der Waals surface area (Å²) in [7, 11) is 0. The first-order valence-electron chi connectivity index (χ1n) is 8.86. The minimum Gasteiger partial charge on any atom is -0.454 e. The van der Waals surface area contributed by atoms with Gasteiger partial charge in [0.25, 0.3) is 0 Å². The molecule has 28 heavy (non-hydrogen) atoms. The Morgan fingerprint density at radius 3 is 2.89 bits per heavy atom. The zero-order valence-electron chi connectivity index (χ0n) is 15.6. The van der Waals surface area contributed by atoms with E-state index < -0.39 is 0 Å². The lowest BCUT2D eigenvalue weighted by atomic mass is 10.1. The topological polar surface area (TPSA) is 78.3 Å². The lowest BCUT2D eigenvalue weighted by molar-refractivity contribution is -0.118. The van der Waals surface area contributed by atoms with Crippen LogP contribution in [0.15, 0.2) is 47.9 Å². The highest BCUT2D eigenvalue weighted by molar-refractivity contribution is 7.99. The van der Waals surface area contributed by atoms with Crippen LogP contribution in [-0.2, 0) is 11.3 Å². The van der Waals surface area contributed by atoms with Crippen LogP contribution < -0.4 is 14.8 Å². The second-order valence-electron chi connectivity index (χ2n) is 6.53. The Morgan fingerprint density at radius 2 is 2.04 bits per heavy atom. The molecule has 1 aliphatic rings. The summed E-state index contributed by atoms with van der Waals surface area (Å²) < 4.78 is 12.6. The Morgan fingerprint density at radius 1 is 1.18 bits per heavy atom. The summed E-state index contributed by atoms with van der Waals surface area (Å²) in [6.45, 7) is 4.78. The quantitative estimate of drug-likeness (QED) is 0.646.